The molecule has 0 fully saturated rings. The number of hydrogen-bond acceptors (Lipinski definition) is 2. The van der Waals surface area contributed by atoms with Gasteiger partial charge in [0.15, 0.2) is 0 Å². The van der Waals surface area contributed by atoms with Crippen molar-refractivity contribution in [2.45, 2.75) is 150 Å². The van der Waals surface area contributed by atoms with Crippen molar-refractivity contribution in [3.05, 3.63) is 0 Å². The van der Waals surface area contributed by atoms with E-state index in [9.17, 15) is 4.79 Å². The molecule has 168 valence electrons. The molecule has 0 spiro atoms. The zero-order valence-corrected chi connectivity index (χ0v) is 20.0. The van der Waals surface area contributed by atoms with Gasteiger partial charge in [-0.25, -0.2) is 0 Å². The summed E-state index contributed by atoms with van der Waals surface area (Å²) in [6.45, 7) is 9.49. The quantitative estimate of drug-likeness (QED) is 0.143. The van der Waals surface area contributed by atoms with E-state index in [0.29, 0.717) is 6.61 Å². The van der Waals surface area contributed by atoms with Crippen LogP contribution < -0.4 is 0 Å². The molecule has 0 radical (unpaired) electrons. The molecule has 0 rings (SSSR count). The van der Waals surface area contributed by atoms with Crippen LogP contribution in [0.3, 0.4) is 0 Å². The summed E-state index contributed by atoms with van der Waals surface area (Å²) in [5, 5.41) is 0. The summed E-state index contributed by atoms with van der Waals surface area (Å²) in [5.74, 6) is 0.0695. The highest BCUT2D eigenvalue weighted by Gasteiger charge is 2.33. The van der Waals surface area contributed by atoms with E-state index < -0.39 is 0 Å². The first-order valence-corrected chi connectivity index (χ1v) is 12.8. The average molecular weight is 397 g/mol. The van der Waals surface area contributed by atoms with Gasteiger partial charge in [-0.1, -0.05) is 124 Å². The van der Waals surface area contributed by atoms with E-state index in [0.717, 1.165) is 25.7 Å². The Morgan fingerprint density at radius 1 is 0.571 bits per heavy atom. The molecule has 1 unspecified atom stereocenters. The van der Waals surface area contributed by atoms with Gasteiger partial charge in [-0.15, -0.1) is 0 Å². The molecule has 0 saturated heterocycles. The molecular weight excluding hydrogens is 344 g/mol. The van der Waals surface area contributed by atoms with Crippen molar-refractivity contribution in [1.82, 2.24) is 0 Å². The number of carbonyl (C=O) groups is 1. The molecule has 0 aliphatic carbocycles. The minimum atomic E-state index is -0.265. The molecule has 28 heavy (non-hydrogen) atoms. The Labute approximate surface area is 177 Å². The van der Waals surface area contributed by atoms with Crippen LogP contribution in [0, 0.1) is 5.41 Å². The minimum Gasteiger partial charge on any atom is -0.465 e. The van der Waals surface area contributed by atoms with Crippen LogP contribution in [0.2, 0.25) is 0 Å². The van der Waals surface area contributed by atoms with Crippen molar-refractivity contribution >= 4 is 5.97 Å². The minimum absolute atomic E-state index is 0.0695. The molecular formula is C26H52O2. The zero-order valence-electron chi connectivity index (χ0n) is 20.0. The number of rotatable bonds is 21. The van der Waals surface area contributed by atoms with Crippen molar-refractivity contribution in [1.29, 1.82) is 0 Å². The molecule has 0 aromatic carbocycles. The van der Waals surface area contributed by atoms with E-state index in [1.807, 2.05) is 0 Å². The number of hydrogen-bond donors (Lipinski definition) is 0. The fourth-order valence-electron chi connectivity index (χ4n) is 3.96. The molecule has 2 nitrogen and oxygen atoms in total. The van der Waals surface area contributed by atoms with Gasteiger partial charge in [0.05, 0.1) is 12.0 Å². The topological polar surface area (TPSA) is 26.3 Å². The van der Waals surface area contributed by atoms with Gasteiger partial charge in [-0.2, -0.15) is 0 Å². The number of ether oxygens (including phenoxy) is 1. The molecule has 1 atom stereocenters. The van der Waals surface area contributed by atoms with Gasteiger partial charge in [-0.05, 0) is 26.2 Å². The summed E-state index contributed by atoms with van der Waals surface area (Å²) >= 11 is 0. The van der Waals surface area contributed by atoms with Gasteiger partial charge in [-0.3, -0.25) is 4.79 Å². The summed E-state index contributed by atoms with van der Waals surface area (Å²) in [7, 11) is 0. The van der Waals surface area contributed by atoms with Crippen molar-refractivity contribution < 1.29 is 9.53 Å². The average Bonchev–Trinajstić information content (AvgIpc) is 2.69. The van der Waals surface area contributed by atoms with Crippen LogP contribution in [-0.4, -0.2) is 12.6 Å². The molecule has 0 aromatic rings. The molecule has 0 aromatic heterocycles. The Morgan fingerprint density at radius 2 is 0.929 bits per heavy atom. The van der Waals surface area contributed by atoms with Crippen LogP contribution in [0.25, 0.3) is 0 Å². The van der Waals surface area contributed by atoms with E-state index in [4.69, 9.17) is 4.74 Å². The fraction of sp³-hybridized carbons (Fsp3) is 0.962. The smallest absolute Gasteiger partial charge is 0.311 e. The fourth-order valence-corrected chi connectivity index (χ4v) is 3.96. The number of carbonyl (C=O) groups excluding carboxylic acids is 1. The molecule has 0 amide bonds. The largest absolute Gasteiger partial charge is 0.465 e. The Kier molecular flexibility index (Phi) is 19.4. The maximum Gasteiger partial charge on any atom is 0.311 e. The van der Waals surface area contributed by atoms with Gasteiger partial charge in [0.25, 0.3) is 0 Å². The lowest BCUT2D eigenvalue weighted by Crippen LogP contribution is -2.30. The van der Waals surface area contributed by atoms with Gasteiger partial charge >= 0.3 is 5.97 Å². The maximum atomic E-state index is 12.8. The summed E-state index contributed by atoms with van der Waals surface area (Å²) in [6, 6.07) is 0. The molecule has 0 aliphatic heterocycles. The predicted molar refractivity (Wildman–Crippen MR) is 124 cm³/mol. The highest BCUT2D eigenvalue weighted by atomic mass is 16.5. The van der Waals surface area contributed by atoms with Crippen LogP contribution in [0.5, 0.6) is 0 Å². The third-order valence-corrected chi connectivity index (χ3v) is 6.14. The lowest BCUT2D eigenvalue weighted by atomic mass is 9.79. The second-order valence-electron chi connectivity index (χ2n) is 9.15. The van der Waals surface area contributed by atoms with Crippen molar-refractivity contribution in [3.63, 3.8) is 0 Å². The van der Waals surface area contributed by atoms with E-state index in [2.05, 4.69) is 27.7 Å². The first-order valence-electron chi connectivity index (χ1n) is 12.8. The Hall–Kier alpha value is -0.530. The molecule has 0 aliphatic rings. The highest BCUT2D eigenvalue weighted by molar-refractivity contribution is 5.76. The van der Waals surface area contributed by atoms with Crippen LogP contribution in [0.4, 0.5) is 0 Å². The molecule has 0 heterocycles. The summed E-state index contributed by atoms with van der Waals surface area (Å²) < 4.78 is 5.69. The lowest BCUT2D eigenvalue weighted by molar-refractivity contribution is -0.156. The molecule has 0 N–H and O–H groups in total. The monoisotopic (exact) mass is 396 g/mol. The van der Waals surface area contributed by atoms with Crippen LogP contribution in [0.15, 0.2) is 0 Å². The van der Waals surface area contributed by atoms with E-state index in [-0.39, 0.29) is 11.4 Å². The summed E-state index contributed by atoms with van der Waals surface area (Å²) in [4.78, 5) is 12.8. The normalized spacial score (nSPS) is 13.4. The highest BCUT2D eigenvalue weighted by Crippen LogP contribution is 2.33. The molecule has 0 bridgehead atoms. The number of unbranched alkanes of at least 4 members (excludes halogenated alkanes) is 14. The summed E-state index contributed by atoms with van der Waals surface area (Å²) in [5.41, 5.74) is -0.265. The van der Waals surface area contributed by atoms with E-state index in [1.165, 1.54) is 96.3 Å². The van der Waals surface area contributed by atoms with Crippen molar-refractivity contribution in [3.8, 4) is 0 Å². The van der Waals surface area contributed by atoms with Crippen molar-refractivity contribution in [2.75, 3.05) is 6.61 Å². The first-order chi connectivity index (χ1) is 13.6. The Bertz CT molecular complexity index is 339. The molecule has 2 heteroatoms. The van der Waals surface area contributed by atoms with Crippen LogP contribution in [-0.2, 0) is 9.53 Å². The Morgan fingerprint density at radius 3 is 1.36 bits per heavy atom. The van der Waals surface area contributed by atoms with E-state index in [1.54, 1.807) is 0 Å². The van der Waals surface area contributed by atoms with E-state index >= 15 is 0 Å². The predicted octanol–water partition coefficient (Wildman–Crippen LogP) is 9.01. The van der Waals surface area contributed by atoms with Gasteiger partial charge in [0.2, 0.25) is 0 Å². The van der Waals surface area contributed by atoms with Gasteiger partial charge in [0, 0.05) is 0 Å². The van der Waals surface area contributed by atoms with Gasteiger partial charge < -0.3 is 4.74 Å². The second kappa shape index (κ2) is 19.8. The zero-order chi connectivity index (χ0) is 20.9. The lowest BCUT2D eigenvalue weighted by Gasteiger charge is -2.27. The summed E-state index contributed by atoms with van der Waals surface area (Å²) in [6.07, 6.45) is 23.6. The third kappa shape index (κ3) is 15.4. The molecule has 0 saturated carbocycles. The van der Waals surface area contributed by atoms with Crippen LogP contribution >= 0.6 is 0 Å². The van der Waals surface area contributed by atoms with Gasteiger partial charge in [0.1, 0.15) is 0 Å². The SMILES string of the molecule is CCCCCCCCCCC(C)(CCCCCCCC)C(=O)OCCCCC. The first kappa shape index (κ1) is 27.5. The standard InChI is InChI=1S/C26H52O2/c1-5-8-11-13-15-16-18-20-23-26(4,22-19-17-14-12-9-6-2)25(27)28-24-21-10-7-3/h5-24H2,1-4H3. The van der Waals surface area contributed by atoms with Crippen molar-refractivity contribution in [2.24, 2.45) is 5.41 Å². The number of esters is 1. The van der Waals surface area contributed by atoms with Crippen LogP contribution in [0.1, 0.15) is 150 Å². The second-order valence-corrected chi connectivity index (χ2v) is 9.15. The third-order valence-electron chi connectivity index (χ3n) is 6.14. The Balaban J connectivity index is 4.23. The maximum absolute atomic E-state index is 12.8.